The summed E-state index contributed by atoms with van der Waals surface area (Å²) in [4.78, 5) is 42.1. The van der Waals surface area contributed by atoms with Gasteiger partial charge in [-0.2, -0.15) is 13.2 Å². The zero-order chi connectivity index (χ0) is 21.8. The predicted octanol–water partition coefficient (Wildman–Crippen LogP) is 2.16. The number of phosphoric acid groups is 1. The number of hydrogen-bond acceptors (Lipinski definition) is 4. The number of likely N-dealkylation sites (tertiary alicyclic amines) is 1. The van der Waals surface area contributed by atoms with Gasteiger partial charge in [-0.05, 0) is 36.5 Å². The Balaban J connectivity index is 1.97. The van der Waals surface area contributed by atoms with Crippen LogP contribution in [-0.4, -0.2) is 57.5 Å². The predicted molar refractivity (Wildman–Crippen MR) is 92.9 cm³/mol. The van der Waals surface area contributed by atoms with Crippen LogP contribution in [0.2, 0.25) is 0 Å². The zero-order valence-electron chi connectivity index (χ0n) is 15.0. The summed E-state index contributed by atoms with van der Waals surface area (Å²) >= 11 is 0. The number of nitrogens with one attached hydrogen (secondary N) is 1. The number of alkyl halides is 3. The summed E-state index contributed by atoms with van der Waals surface area (Å²) < 4.78 is 53.0. The molecule has 1 aliphatic rings. The van der Waals surface area contributed by atoms with Crippen molar-refractivity contribution in [2.45, 2.75) is 31.0 Å². The highest BCUT2D eigenvalue weighted by Crippen LogP contribution is 2.36. The third kappa shape index (κ3) is 7.00. The van der Waals surface area contributed by atoms with Gasteiger partial charge >= 0.3 is 20.1 Å². The molecule has 0 bridgehead atoms. The first-order valence-electron chi connectivity index (χ1n) is 8.52. The van der Waals surface area contributed by atoms with Crippen LogP contribution >= 0.6 is 7.82 Å². The van der Waals surface area contributed by atoms with Crippen molar-refractivity contribution in [1.29, 1.82) is 0 Å². The smallest absolute Gasteiger partial charge is 0.465 e. The number of rotatable bonds is 6. The first-order chi connectivity index (χ1) is 13.4. The van der Waals surface area contributed by atoms with Crippen LogP contribution in [0.25, 0.3) is 0 Å². The molecular formula is C16H20F3N2O7P. The van der Waals surface area contributed by atoms with Crippen molar-refractivity contribution >= 4 is 19.8 Å². The van der Waals surface area contributed by atoms with Crippen molar-refractivity contribution in [3.63, 3.8) is 0 Å². The second kappa shape index (κ2) is 9.12. The van der Waals surface area contributed by atoms with E-state index >= 15 is 0 Å². The number of halogens is 3. The van der Waals surface area contributed by atoms with Crippen molar-refractivity contribution < 1.29 is 46.7 Å². The molecule has 13 heteroatoms. The Labute approximate surface area is 163 Å². The van der Waals surface area contributed by atoms with Gasteiger partial charge in [0.25, 0.3) is 0 Å². The SMILES string of the molecule is O=C(O)N[C@@H](COP(=O)(O)O)C(=O)N1CCC(c2ccc(C(F)(F)F)cc2)CC1. The fourth-order valence-electron chi connectivity index (χ4n) is 3.09. The molecule has 1 aliphatic heterocycles. The van der Waals surface area contributed by atoms with E-state index in [9.17, 15) is 27.3 Å². The first kappa shape index (κ1) is 23.1. The lowest BCUT2D eigenvalue weighted by Crippen LogP contribution is -2.52. The Bertz CT molecular complexity index is 774. The van der Waals surface area contributed by atoms with Crippen LogP contribution in [0.4, 0.5) is 18.0 Å². The minimum Gasteiger partial charge on any atom is -0.465 e. The quantitative estimate of drug-likeness (QED) is 0.498. The molecule has 0 unspecified atom stereocenters. The number of piperidine rings is 1. The maximum atomic E-state index is 12.7. The lowest BCUT2D eigenvalue weighted by Gasteiger charge is -2.34. The average molecular weight is 440 g/mol. The molecule has 0 saturated carbocycles. The number of carbonyl (C=O) groups is 2. The lowest BCUT2D eigenvalue weighted by molar-refractivity contribution is -0.137. The minimum atomic E-state index is -4.89. The van der Waals surface area contributed by atoms with E-state index < -0.39 is 44.2 Å². The molecule has 29 heavy (non-hydrogen) atoms. The molecule has 1 aromatic carbocycles. The third-order valence-electron chi connectivity index (χ3n) is 4.52. The van der Waals surface area contributed by atoms with Gasteiger partial charge < -0.3 is 25.1 Å². The number of carboxylic acid groups (broad SMARTS) is 1. The second-order valence-electron chi connectivity index (χ2n) is 6.51. The average Bonchev–Trinajstić information content (AvgIpc) is 2.63. The van der Waals surface area contributed by atoms with Gasteiger partial charge in [0.05, 0.1) is 12.2 Å². The zero-order valence-corrected chi connectivity index (χ0v) is 15.9. The van der Waals surface area contributed by atoms with Gasteiger partial charge in [0, 0.05) is 13.1 Å². The molecule has 1 fully saturated rings. The number of carbonyl (C=O) groups excluding carboxylic acids is 1. The molecule has 1 heterocycles. The molecule has 1 saturated heterocycles. The third-order valence-corrected chi connectivity index (χ3v) is 5.01. The number of nitrogens with zero attached hydrogens (tertiary/aromatic N) is 1. The number of phosphoric ester groups is 1. The highest BCUT2D eigenvalue weighted by molar-refractivity contribution is 7.46. The monoisotopic (exact) mass is 440 g/mol. The minimum absolute atomic E-state index is 0.0708. The van der Waals surface area contributed by atoms with Gasteiger partial charge in [0.15, 0.2) is 0 Å². The molecule has 9 nitrogen and oxygen atoms in total. The van der Waals surface area contributed by atoms with Crippen LogP contribution in [0.1, 0.15) is 29.9 Å². The van der Waals surface area contributed by atoms with E-state index in [0.717, 1.165) is 12.1 Å². The maximum absolute atomic E-state index is 12.7. The summed E-state index contributed by atoms with van der Waals surface area (Å²) in [5, 5.41) is 10.7. The summed E-state index contributed by atoms with van der Waals surface area (Å²) in [5.74, 6) is -0.773. The Hall–Kier alpha value is -2.14. The second-order valence-corrected chi connectivity index (χ2v) is 7.75. The van der Waals surface area contributed by atoms with Gasteiger partial charge in [-0.15, -0.1) is 0 Å². The van der Waals surface area contributed by atoms with E-state index in [-0.39, 0.29) is 19.0 Å². The Morgan fingerprint density at radius 3 is 2.21 bits per heavy atom. The summed E-state index contributed by atoms with van der Waals surface area (Å²) in [5.41, 5.74) is -0.0448. The summed E-state index contributed by atoms with van der Waals surface area (Å²) in [6.07, 6.45) is -5.10. The summed E-state index contributed by atoms with van der Waals surface area (Å²) in [6.45, 7) is -0.426. The highest BCUT2D eigenvalue weighted by Gasteiger charge is 2.33. The Morgan fingerprint density at radius 1 is 1.21 bits per heavy atom. The molecule has 4 N–H and O–H groups in total. The Kier molecular flexibility index (Phi) is 7.28. The molecule has 0 aromatic heterocycles. The topological polar surface area (TPSA) is 136 Å². The van der Waals surface area contributed by atoms with Gasteiger partial charge in [-0.1, -0.05) is 12.1 Å². The lowest BCUT2D eigenvalue weighted by atomic mass is 9.88. The summed E-state index contributed by atoms with van der Waals surface area (Å²) in [7, 11) is -4.89. The van der Waals surface area contributed by atoms with Crippen molar-refractivity contribution in [3.05, 3.63) is 35.4 Å². The highest BCUT2D eigenvalue weighted by atomic mass is 31.2. The van der Waals surface area contributed by atoms with Crippen LogP contribution in [0, 0.1) is 0 Å². The fraction of sp³-hybridized carbons (Fsp3) is 0.500. The van der Waals surface area contributed by atoms with Crippen LogP contribution < -0.4 is 5.32 Å². The normalized spacial score (nSPS) is 17.1. The van der Waals surface area contributed by atoms with E-state index in [1.165, 1.54) is 17.0 Å². The largest absolute Gasteiger partial charge is 0.469 e. The van der Waals surface area contributed by atoms with E-state index in [0.29, 0.717) is 18.4 Å². The molecular weight excluding hydrogens is 420 g/mol. The Morgan fingerprint density at radius 2 is 1.76 bits per heavy atom. The summed E-state index contributed by atoms with van der Waals surface area (Å²) in [6, 6.07) is 3.29. The van der Waals surface area contributed by atoms with Gasteiger partial charge in [-0.3, -0.25) is 9.32 Å². The van der Waals surface area contributed by atoms with Crippen molar-refractivity contribution in [3.8, 4) is 0 Å². The number of amides is 2. The van der Waals surface area contributed by atoms with Crippen LogP contribution in [0.3, 0.4) is 0 Å². The molecule has 2 amide bonds. The van der Waals surface area contributed by atoms with Gasteiger partial charge in [-0.25, -0.2) is 9.36 Å². The maximum Gasteiger partial charge on any atom is 0.469 e. The molecule has 0 aliphatic carbocycles. The van der Waals surface area contributed by atoms with Crippen molar-refractivity contribution in [1.82, 2.24) is 10.2 Å². The molecule has 162 valence electrons. The molecule has 0 spiro atoms. The van der Waals surface area contributed by atoms with E-state index in [1.54, 1.807) is 0 Å². The molecule has 0 radical (unpaired) electrons. The first-order valence-corrected chi connectivity index (χ1v) is 10.1. The van der Waals surface area contributed by atoms with Crippen molar-refractivity contribution in [2.24, 2.45) is 0 Å². The van der Waals surface area contributed by atoms with E-state index in [1.807, 2.05) is 5.32 Å². The number of hydrogen-bond donors (Lipinski definition) is 4. The van der Waals surface area contributed by atoms with Crippen LogP contribution in [0.5, 0.6) is 0 Å². The standard InChI is InChI=1S/C16H20F3N2O7P/c17-16(18,19)12-3-1-10(2-4-12)11-5-7-21(8-6-11)14(22)13(20-15(23)24)9-28-29(25,26)27/h1-4,11,13,20H,5-9H2,(H,23,24)(H2,25,26,27)/t13-/m0/s1. The van der Waals surface area contributed by atoms with E-state index in [4.69, 9.17) is 14.9 Å². The van der Waals surface area contributed by atoms with Gasteiger partial charge in [0.2, 0.25) is 5.91 Å². The molecule has 1 atom stereocenters. The van der Waals surface area contributed by atoms with Gasteiger partial charge in [0.1, 0.15) is 6.04 Å². The van der Waals surface area contributed by atoms with Crippen molar-refractivity contribution in [2.75, 3.05) is 19.7 Å². The van der Waals surface area contributed by atoms with E-state index in [2.05, 4.69) is 4.52 Å². The van der Waals surface area contributed by atoms with Crippen LogP contribution in [0.15, 0.2) is 24.3 Å². The number of benzene rings is 1. The molecule has 1 aromatic rings. The fourth-order valence-corrected chi connectivity index (χ4v) is 3.44. The van der Waals surface area contributed by atoms with Crippen LogP contribution in [-0.2, 0) is 20.1 Å². The molecule has 2 rings (SSSR count).